The topological polar surface area (TPSA) is 148 Å². The standard InChI is InChI=1S/C54H86FNO13/c1-12-36(4)52(68-55)38(6)18-17-22-44(63-34-58)30-43(59-9)26-25-37(5)46(23-16-13-19-41-33-62-47(28-29-57)45(41)27-24-35(2)3)66-50-31-48(60-10)53(39(7)64-50)67-51-32-49(61-11)54(40(8)65-51)69-56-42-20-14-15-21-42/h13,16-19,24-25,29,34,36,38-40,43-54H,12,14-15,20-23,26-28,30-33H2,1-11H3/b16-13+,18-17-,37-25+,41-19+/t36?,38-,39?,40?,43?,44?,45?,46-,47?,48?,49?,50-,51-,52?,53-,54-/m0/s1. The van der Waals surface area contributed by atoms with Crippen LogP contribution in [0.3, 0.4) is 0 Å². The number of oxime groups is 1. The molecule has 0 aromatic heterocycles. The van der Waals surface area contributed by atoms with E-state index in [2.05, 4.69) is 48.2 Å². The average Bonchev–Trinajstić information content (AvgIpc) is 4.00. The van der Waals surface area contributed by atoms with Gasteiger partial charge in [0, 0.05) is 65.3 Å². The lowest BCUT2D eigenvalue weighted by molar-refractivity contribution is -0.320. The van der Waals surface area contributed by atoms with Crippen LogP contribution in [0.25, 0.3) is 0 Å². The largest absolute Gasteiger partial charge is 0.464 e. The molecule has 3 aliphatic heterocycles. The van der Waals surface area contributed by atoms with E-state index in [4.69, 9.17) is 47.5 Å². The number of methoxy groups -OCH3 is 3. The lowest BCUT2D eigenvalue weighted by Gasteiger charge is -2.44. The maximum atomic E-state index is 13.4. The van der Waals surface area contributed by atoms with Gasteiger partial charge in [-0.05, 0) is 101 Å². The molecular weight excluding hydrogens is 890 g/mol. The molecule has 0 radical (unpaired) electrons. The Balaban J connectivity index is 1.48. The van der Waals surface area contributed by atoms with Gasteiger partial charge in [0.25, 0.3) is 6.47 Å². The van der Waals surface area contributed by atoms with Crippen LogP contribution < -0.4 is 0 Å². The molecule has 10 unspecified atom stereocenters. The van der Waals surface area contributed by atoms with E-state index in [1.165, 1.54) is 5.57 Å². The third-order valence-corrected chi connectivity index (χ3v) is 14.2. The number of carbonyl (C=O) groups excluding carboxylic acids is 2. The molecule has 0 N–H and O–H groups in total. The highest BCUT2D eigenvalue weighted by Crippen LogP contribution is 2.35. The van der Waals surface area contributed by atoms with Gasteiger partial charge in [-0.1, -0.05) is 80.5 Å². The molecule has 4 aliphatic rings. The molecule has 3 heterocycles. The van der Waals surface area contributed by atoms with E-state index in [1.807, 2.05) is 59.8 Å². The Hall–Kier alpha value is -3.12. The van der Waals surface area contributed by atoms with E-state index in [1.54, 1.807) is 21.3 Å². The monoisotopic (exact) mass is 976 g/mol. The Bertz CT molecular complexity index is 1690. The number of ether oxygens (including phenoxy) is 9. The first-order valence-electron chi connectivity index (χ1n) is 25.4. The SMILES string of the molecule is CCC(C)C(OF)[C@@H](C)/C=C\CC(CC(C/C=C(\C)[C@H](C/C=C/C=C1\COC(CC=O)C1CC=C(C)C)O[C@H]1CC(OC)[C@@H](O[C@H]2CC(OC)[C@@H](ON=C3CCCC3)C(C)O2)C(C)O1)OC)OC=O. The average molecular weight is 976 g/mol. The minimum atomic E-state index is -0.614. The van der Waals surface area contributed by atoms with Crippen molar-refractivity contribution in [3.8, 4) is 0 Å². The maximum Gasteiger partial charge on any atom is 0.293 e. The second-order valence-corrected chi connectivity index (χ2v) is 19.6. The molecule has 0 bridgehead atoms. The second kappa shape index (κ2) is 31.4. The number of hydrogen-bond acceptors (Lipinski definition) is 14. The number of halogens is 1. The summed E-state index contributed by atoms with van der Waals surface area (Å²) < 4.78 is 69.2. The molecule has 1 aliphatic carbocycles. The van der Waals surface area contributed by atoms with Crippen molar-refractivity contribution in [1.82, 2.24) is 0 Å². The Labute approximate surface area is 412 Å². The van der Waals surface area contributed by atoms with Gasteiger partial charge in [-0.25, -0.2) is 0 Å². The van der Waals surface area contributed by atoms with Crippen molar-refractivity contribution >= 4 is 18.5 Å². The van der Waals surface area contributed by atoms with Crippen molar-refractivity contribution in [3.63, 3.8) is 0 Å². The molecule has 4 fully saturated rings. The lowest BCUT2D eigenvalue weighted by Crippen LogP contribution is -2.55. The number of rotatable bonds is 30. The number of aldehydes is 1. The van der Waals surface area contributed by atoms with E-state index in [0.29, 0.717) is 58.0 Å². The minimum Gasteiger partial charge on any atom is -0.464 e. The molecular formula is C54H86FNO13. The molecule has 0 aromatic carbocycles. The van der Waals surface area contributed by atoms with Crippen LogP contribution in [-0.2, 0) is 62.0 Å². The molecule has 1 saturated carbocycles. The summed E-state index contributed by atoms with van der Waals surface area (Å²) in [6.07, 6.45) is 19.1. The zero-order valence-corrected chi connectivity index (χ0v) is 43.5. The summed E-state index contributed by atoms with van der Waals surface area (Å²) in [4.78, 5) is 33.3. The van der Waals surface area contributed by atoms with Crippen molar-refractivity contribution in [2.75, 3.05) is 27.9 Å². The Morgan fingerprint density at radius 3 is 2.22 bits per heavy atom. The zero-order chi connectivity index (χ0) is 50.3. The smallest absolute Gasteiger partial charge is 0.293 e. The van der Waals surface area contributed by atoms with Crippen molar-refractivity contribution < 1.29 is 66.5 Å². The van der Waals surface area contributed by atoms with Crippen molar-refractivity contribution in [1.29, 1.82) is 0 Å². The Morgan fingerprint density at radius 1 is 0.870 bits per heavy atom. The Morgan fingerprint density at radius 2 is 1.57 bits per heavy atom. The molecule has 3 saturated heterocycles. The summed E-state index contributed by atoms with van der Waals surface area (Å²) in [6.45, 7) is 16.9. The Kier molecular flexibility index (Phi) is 26.6. The molecule has 16 atom stereocenters. The zero-order valence-electron chi connectivity index (χ0n) is 43.5. The minimum absolute atomic E-state index is 0.0473. The highest BCUT2D eigenvalue weighted by molar-refractivity contribution is 5.85. The third kappa shape index (κ3) is 18.8. The van der Waals surface area contributed by atoms with Crippen LogP contribution in [-0.4, -0.2) is 126 Å². The van der Waals surface area contributed by atoms with Crippen molar-refractivity contribution in [2.45, 2.75) is 219 Å². The lowest BCUT2D eigenvalue weighted by atomic mass is 9.90. The second-order valence-electron chi connectivity index (χ2n) is 19.6. The van der Waals surface area contributed by atoms with Gasteiger partial charge in [0.15, 0.2) is 18.7 Å². The first-order chi connectivity index (χ1) is 33.3. The van der Waals surface area contributed by atoms with E-state index < -0.39 is 37.0 Å². The molecule has 0 aromatic rings. The molecule has 0 spiro atoms. The fourth-order valence-corrected chi connectivity index (χ4v) is 9.72. The molecule has 392 valence electrons. The van der Waals surface area contributed by atoms with Crippen molar-refractivity contribution in [2.24, 2.45) is 22.9 Å². The molecule has 0 amide bonds. The number of nitrogens with zero attached hydrogens (tertiary/aromatic N) is 1. The normalized spacial score (nSPS) is 31.1. The third-order valence-electron chi connectivity index (χ3n) is 14.2. The van der Waals surface area contributed by atoms with Crippen LogP contribution in [0, 0.1) is 17.8 Å². The summed E-state index contributed by atoms with van der Waals surface area (Å²) in [7, 11) is 4.99. The van der Waals surface area contributed by atoms with Gasteiger partial charge in [0.1, 0.15) is 30.7 Å². The summed E-state index contributed by atoms with van der Waals surface area (Å²) in [5, 5.41) is 4.45. The molecule has 4 rings (SSSR count). The maximum absolute atomic E-state index is 13.4. The summed E-state index contributed by atoms with van der Waals surface area (Å²) in [6, 6.07) is 0. The van der Waals surface area contributed by atoms with E-state index in [0.717, 1.165) is 61.7 Å². The van der Waals surface area contributed by atoms with E-state index in [9.17, 15) is 14.1 Å². The fraction of sp³-hybridized carbons (Fsp3) is 0.759. The van der Waals surface area contributed by atoms with Crippen LogP contribution in [0.4, 0.5) is 4.53 Å². The first kappa shape index (κ1) is 58.5. The predicted octanol–water partition coefficient (Wildman–Crippen LogP) is 10.4. The van der Waals surface area contributed by atoms with Gasteiger partial charge in [0.2, 0.25) is 0 Å². The predicted molar refractivity (Wildman–Crippen MR) is 263 cm³/mol. The number of hydrogen-bond donors (Lipinski definition) is 0. The van der Waals surface area contributed by atoms with Crippen molar-refractivity contribution in [3.05, 3.63) is 59.3 Å². The van der Waals surface area contributed by atoms with Crippen LogP contribution in [0.15, 0.2) is 64.4 Å². The van der Waals surface area contributed by atoms with Crippen LogP contribution in [0.5, 0.6) is 0 Å². The highest BCUT2D eigenvalue weighted by Gasteiger charge is 2.45. The van der Waals surface area contributed by atoms with Gasteiger partial charge < -0.3 is 52.3 Å². The van der Waals surface area contributed by atoms with Gasteiger partial charge in [0.05, 0.1) is 48.9 Å². The van der Waals surface area contributed by atoms with E-state index in [-0.39, 0.29) is 60.5 Å². The van der Waals surface area contributed by atoms with Gasteiger partial charge in [-0.15, -0.1) is 0 Å². The summed E-state index contributed by atoms with van der Waals surface area (Å²) in [5.74, 6) is 0.00852. The van der Waals surface area contributed by atoms with Gasteiger partial charge in [-0.2, -0.15) is 4.94 Å². The highest BCUT2D eigenvalue weighted by atomic mass is 19.3. The van der Waals surface area contributed by atoms with Crippen LogP contribution in [0.1, 0.15) is 139 Å². The van der Waals surface area contributed by atoms with Crippen LogP contribution in [0.2, 0.25) is 0 Å². The first-order valence-corrected chi connectivity index (χ1v) is 25.4. The molecule has 15 heteroatoms. The van der Waals surface area contributed by atoms with Gasteiger partial charge in [-0.3, -0.25) is 4.79 Å². The molecule has 14 nitrogen and oxygen atoms in total. The number of allylic oxidation sites excluding steroid dienone is 4. The molecule has 69 heavy (non-hydrogen) atoms. The van der Waals surface area contributed by atoms with E-state index >= 15 is 0 Å². The van der Waals surface area contributed by atoms with Gasteiger partial charge >= 0.3 is 0 Å². The number of carbonyl (C=O) groups is 2. The summed E-state index contributed by atoms with van der Waals surface area (Å²) >= 11 is 0. The quantitative estimate of drug-likeness (QED) is 0.0382. The fourth-order valence-electron chi connectivity index (χ4n) is 9.72. The summed E-state index contributed by atoms with van der Waals surface area (Å²) in [5.41, 5.74) is 4.44. The van der Waals surface area contributed by atoms with Crippen LogP contribution >= 0.6 is 0 Å².